The SMILES string of the molecule is COc1ccc(C=C2SC(=S)N(CCCCCC(=O)Nc3ccc(C(C)=O)cc3)C2=O)cc1OC. The molecule has 1 fully saturated rings. The summed E-state index contributed by atoms with van der Waals surface area (Å²) in [6.45, 7) is 2.02. The average molecular weight is 513 g/mol. The summed E-state index contributed by atoms with van der Waals surface area (Å²) in [5.41, 5.74) is 2.10. The number of Topliss-reactive ketones (excluding diaryl/α,β-unsaturated/α-hetero) is 1. The van der Waals surface area contributed by atoms with Gasteiger partial charge >= 0.3 is 0 Å². The number of ether oxygens (including phenoxy) is 2. The molecule has 1 saturated heterocycles. The van der Waals surface area contributed by atoms with Crippen LogP contribution in [0.1, 0.15) is 48.5 Å². The lowest BCUT2D eigenvalue weighted by atomic mass is 10.1. The Balaban J connectivity index is 1.44. The zero-order valence-electron chi connectivity index (χ0n) is 20.0. The zero-order valence-corrected chi connectivity index (χ0v) is 21.6. The van der Waals surface area contributed by atoms with Crippen LogP contribution in [0.3, 0.4) is 0 Å². The van der Waals surface area contributed by atoms with E-state index in [4.69, 9.17) is 21.7 Å². The Morgan fingerprint density at radius 1 is 1.03 bits per heavy atom. The number of carbonyl (C=O) groups is 3. The van der Waals surface area contributed by atoms with Gasteiger partial charge in [-0.1, -0.05) is 36.5 Å². The first-order valence-electron chi connectivity index (χ1n) is 11.2. The Hall–Kier alpha value is -3.17. The van der Waals surface area contributed by atoms with Gasteiger partial charge in [0.2, 0.25) is 5.91 Å². The van der Waals surface area contributed by atoms with Crippen LogP contribution < -0.4 is 14.8 Å². The molecular weight excluding hydrogens is 484 g/mol. The van der Waals surface area contributed by atoms with E-state index >= 15 is 0 Å². The molecule has 0 aliphatic carbocycles. The summed E-state index contributed by atoms with van der Waals surface area (Å²) in [5, 5.41) is 2.84. The smallest absolute Gasteiger partial charge is 0.266 e. The lowest BCUT2D eigenvalue weighted by Crippen LogP contribution is -2.29. The number of hydrogen-bond acceptors (Lipinski definition) is 7. The Morgan fingerprint density at radius 2 is 1.74 bits per heavy atom. The first-order valence-corrected chi connectivity index (χ1v) is 12.4. The summed E-state index contributed by atoms with van der Waals surface area (Å²) in [5.74, 6) is 1.01. The van der Waals surface area contributed by atoms with Gasteiger partial charge in [0.1, 0.15) is 4.32 Å². The molecule has 0 spiro atoms. The molecule has 9 heteroatoms. The Kier molecular flexibility index (Phi) is 9.45. The number of benzene rings is 2. The number of ketones is 1. The predicted molar refractivity (Wildman–Crippen MR) is 143 cm³/mol. The molecule has 2 amide bonds. The minimum Gasteiger partial charge on any atom is -0.493 e. The number of nitrogens with one attached hydrogen (secondary N) is 1. The minimum atomic E-state index is -0.110. The maximum absolute atomic E-state index is 12.8. The number of rotatable bonds is 11. The maximum Gasteiger partial charge on any atom is 0.266 e. The predicted octanol–water partition coefficient (Wildman–Crippen LogP) is 5.31. The van der Waals surface area contributed by atoms with Gasteiger partial charge in [-0.3, -0.25) is 19.3 Å². The maximum atomic E-state index is 12.8. The number of methoxy groups -OCH3 is 2. The Labute approximate surface area is 214 Å². The third-order valence-corrected chi connectivity index (χ3v) is 6.82. The highest BCUT2D eigenvalue weighted by Crippen LogP contribution is 2.34. The van der Waals surface area contributed by atoms with E-state index in [1.54, 1.807) is 55.5 Å². The molecule has 1 aliphatic rings. The monoisotopic (exact) mass is 512 g/mol. The van der Waals surface area contributed by atoms with Gasteiger partial charge in [0.15, 0.2) is 17.3 Å². The van der Waals surface area contributed by atoms with Crippen molar-refractivity contribution in [3.05, 3.63) is 58.5 Å². The van der Waals surface area contributed by atoms with Crippen molar-refractivity contribution in [3.8, 4) is 11.5 Å². The summed E-state index contributed by atoms with van der Waals surface area (Å²) in [6.07, 6.45) is 4.42. The van der Waals surface area contributed by atoms with Crippen molar-refractivity contribution in [2.45, 2.75) is 32.6 Å². The van der Waals surface area contributed by atoms with E-state index in [0.717, 1.165) is 18.4 Å². The molecule has 1 heterocycles. The number of thioether (sulfide) groups is 1. The van der Waals surface area contributed by atoms with Crippen molar-refractivity contribution in [1.82, 2.24) is 4.90 Å². The fourth-order valence-corrected chi connectivity index (χ4v) is 4.84. The molecule has 2 aromatic carbocycles. The van der Waals surface area contributed by atoms with Crippen LogP contribution in [0.15, 0.2) is 47.4 Å². The van der Waals surface area contributed by atoms with E-state index in [0.29, 0.717) is 51.4 Å². The van der Waals surface area contributed by atoms with Crippen LogP contribution in [0, 0.1) is 0 Å². The van der Waals surface area contributed by atoms with Gasteiger partial charge in [-0.25, -0.2) is 0 Å². The van der Waals surface area contributed by atoms with Gasteiger partial charge in [-0.15, -0.1) is 0 Å². The zero-order chi connectivity index (χ0) is 25.4. The van der Waals surface area contributed by atoms with E-state index < -0.39 is 0 Å². The third kappa shape index (κ3) is 7.16. The molecule has 35 heavy (non-hydrogen) atoms. The number of hydrogen-bond donors (Lipinski definition) is 1. The summed E-state index contributed by atoms with van der Waals surface area (Å²) in [4.78, 5) is 38.5. The van der Waals surface area contributed by atoms with E-state index in [1.807, 2.05) is 12.1 Å². The molecule has 0 atom stereocenters. The van der Waals surface area contributed by atoms with Gasteiger partial charge in [-0.05, 0) is 67.8 Å². The molecule has 184 valence electrons. The molecule has 1 N–H and O–H groups in total. The van der Waals surface area contributed by atoms with Crippen molar-refractivity contribution in [2.24, 2.45) is 0 Å². The first-order chi connectivity index (χ1) is 16.8. The number of nitrogens with zero attached hydrogens (tertiary/aromatic N) is 1. The topological polar surface area (TPSA) is 84.9 Å². The summed E-state index contributed by atoms with van der Waals surface area (Å²) in [6, 6.07) is 12.3. The largest absolute Gasteiger partial charge is 0.493 e. The quantitative estimate of drug-likeness (QED) is 0.189. The van der Waals surface area contributed by atoms with Crippen molar-refractivity contribution < 1.29 is 23.9 Å². The summed E-state index contributed by atoms with van der Waals surface area (Å²) >= 11 is 6.70. The Bertz CT molecular complexity index is 1140. The average Bonchev–Trinajstić information content (AvgIpc) is 3.11. The molecule has 0 bridgehead atoms. The second kappa shape index (κ2) is 12.5. The highest BCUT2D eigenvalue weighted by molar-refractivity contribution is 8.26. The van der Waals surface area contributed by atoms with Crippen molar-refractivity contribution in [1.29, 1.82) is 0 Å². The number of carbonyl (C=O) groups excluding carboxylic acids is 3. The lowest BCUT2D eigenvalue weighted by Gasteiger charge is -2.14. The standard InChI is InChI=1S/C26H28N2O5S2/c1-17(29)19-9-11-20(12-10-19)27-24(30)7-5-4-6-14-28-25(31)23(35-26(28)34)16-18-8-13-21(32-2)22(15-18)33-3/h8-13,15-16H,4-7,14H2,1-3H3,(H,27,30). The first kappa shape index (κ1) is 26.4. The minimum absolute atomic E-state index is 0.0131. The van der Waals surface area contributed by atoms with Crippen LogP contribution in [0.25, 0.3) is 6.08 Å². The fourth-order valence-electron chi connectivity index (χ4n) is 3.53. The normalized spacial score (nSPS) is 14.4. The molecule has 1 aliphatic heterocycles. The molecule has 0 aromatic heterocycles. The van der Waals surface area contributed by atoms with Crippen LogP contribution in [-0.2, 0) is 9.59 Å². The second-order valence-corrected chi connectivity index (χ2v) is 9.62. The lowest BCUT2D eigenvalue weighted by molar-refractivity contribution is -0.122. The number of unbranched alkanes of at least 4 members (excludes halogenated alkanes) is 2. The second-order valence-electron chi connectivity index (χ2n) is 7.94. The van der Waals surface area contributed by atoms with Crippen molar-refractivity contribution in [2.75, 3.05) is 26.1 Å². The van der Waals surface area contributed by atoms with Crippen LogP contribution in [0.4, 0.5) is 5.69 Å². The van der Waals surface area contributed by atoms with Crippen LogP contribution in [-0.4, -0.2) is 47.6 Å². The van der Waals surface area contributed by atoms with E-state index in [2.05, 4.69) is 5.32 Å². The van der Waals surface area contributed by atoms with Crippen LogP contribution >= 0.6 is 24.0 Å². The van der Waals surface area contributed by atoms with E-state index in [1.165, 1.54) is 18.7 Å². The number of thiocarbonyl (C=S) groups is 1. The summed E-state index contributed by atoms with van der Waals surface area (Å²) in [7, 11) is 3.14. The molecule has 0 radical (unpaired) electrons. The summed E-state index contributed by atoms with van der Waals surface area (Å²) < 4.78 is 11.1. The van der Waals surface area contributed by atoms with Gasteiger partial charge < -0.3 is 14.8 Å². The van der Waals surface area contributed by atoms with E-state index in [9.17, 15) is 14.4 Å². The highest BCUT2D eigenvalue weighted by Gasteiger charge is 2.31. The molecule has 0 saturated carbocycles. The van der Waals surface area contributed by atoms with Gasteiger partial charge in [0.25, 0.3) is 5.91 Å². The van der Waals surface area contributed by atoms with Gasteiger partial charge in [0.05, 0.1) is 19.1 Å². The van der Waals surface area contributed by atoms with Crippen LogP contribution in [0.2, 0.25) is 0 Å². The van der Waals surface area contributed by atoms with Crippen molar-refractivity contribution >= 4 is 57.7 Å². The molecule has 7 nitrogen and oxygen atoms in total. The molecule has 0 unspecified atom stereocenters. The highest BCUT2D eigenvalue weighted by atomic mass is 32.2. The van der Waals surface area contributed by atoms with Crippen LogP contribution in [0.5, 0.6) is 11.5 Å². The van der Waals surface area contributed by atoms with Gasteiger partial charge in [0, 0.05) is 24.2 Å². The molecular formula is C26H28N2O5S2. The third-order valence-electron chi connectivity index (χ3n) is 5.44. The number of amides is 2. The van der Waals surface area contributed by atoms with Gasteiger partial charge in [-0.2, -0.15) is 0 Å². The molecule has 2 aromatic rings. The molecule has 3 rings (SSSR count). The Morgan fingerprint density at radius 3 is 2.40 bits per heavy atom. The van der Waals surface area contributed by atoms with Crippen molar-refractivity contribution in [3.63, 3.8) is 0 Å². The number of anilines is 1. The fraction of sp³-hybridized carbons (Fsp3) is 0.308. The van der Waals surface area contributed by atoms with E-state index in [-0.39, 0.29) is 17.6 Å².